The Bertz CT molecular complexity index is 738. The van der Waals surface area contributed by atoms with Crippen LogP contribution in [0.2, 0.25) is 5.02 Å². The van der Waals surface area contributed by atoms with Crippen LogP contribution in [-0.2, 0) is 0 Å². The number of nitrogens with zero attached hydrogens (tertiary/aromatic N) is 1. The molecule has 0 saturated carbocycles. The second-order valence-corrected chi connectivity index (χ2v) is 4.39. The van der Waals surface area contributed by atoms with Gasteiger partial charge in [-0.05, 0) is 36.4 Å². The highest BCUT2D eigenvalue weighted by Gasteiger charge is 2.11. The first-order valence-corrected chi connectivity index (χ1v) is 6.01. The number of halogens is 1. The van der Waals surface area contributed by atoms with E-state index in [4.69, 9.17) is 16.0 Å². The molecule has 0 saturated heterocycles. The molecule has 3 rings (SSSR count). The van der Waals surface area contributed by atoms with Gasteiger partial charge in [0.25, 0.3) is 5.91 Å². The average Bonchev–Trinajstić information content (AvgIpc) is 2.93. The van der Waals surface area contributed by atoms with E-state index in [1.54, 1.807) is 42.6 Å². The minimum absolute atomic E-state index is 0.256. The lowest BCUT2D eigenvalue weighted by Gasteiger charge is -2.07. The Morgan fingerprint density at radius 2 is 2.16 bits per heavy atom. The highest BCUT2D eigenvalue weighted by atomic mass is 35.5. The van der Waals surface area contributed by atoms with Gasteiger partial charge in [0.1, 0.15) is 0 Å². The highest BCUT2D eigenvalue weighted by molar-refractivity contribution is 6.31. The molecule has 0 bridgehead atoms. The molecule has 3 aromatic rings. The van der Waals surface area contributed by atoms with Gasteiger partial charge < -0.3 is 9.73 Å². The molecule has 0 radical (unpaired) electrons. The van der Waals surface area contributed by atoms with Crippen molar-refractivity contribution in [2.45, 2.75) is 0 Å². The van der Waals surface area contributed by atoms with Crippen LogP contribution in [0, 0.1) is 0 Å². The molecule has 1 N–H and O–H groups in total. The number of nitrogens with one attached hydrogen (secondary N) is 1. The summed E-state index contributed by atoms with van der Waals surface area (Å²) in [6.45, 7) is 0. The molecule has 5 heteroatoms. The van der Waals surface area contributed by atoms with Gasteiger partial charge in [0.05, 0.1) is 17.5 Å². The zero-order valence-electron chi connectivity index (χ0n) is 9.76. The number of rotatable bonds is 2. The minimum atomic E-state index is -0.308. The van der Waals surface area contributed by atoms with Crippen LogP contribution in [-0.4, -0.2) is 10.9 Å². The Balaban J connectivity index is 2.01. The van der Waals surface area contributed by atoms with Gasteiger partial charge in [-0.15, -0.1) is 0 Å². The average molecular weight is 273 g/mol. The number of amides is 1. The number of anilines is 1. The Hall–Kier alpha value is -2.33. The predicted molar refractivity (Wildman–Crippen MR) is 73.4 cm³/mol. The lowest BCUT2D eigenvalue weighted by molar-refractivity contribution is 0.0997. The Morgan fingerprint density at radius 1 is 1.26 bits per heavy atom. The van der Waals surface area contributed by atoms with Crippen molar-refractivity contribution in [3.8, 4) is 0 Å². The van der Waals surface area contributed by atoms with E-state index in [1.807, 2.05) is 0 Å². The normalized spacial score (nSPS) is 10.6. The molecule has 0 fully saturated rings. The molecule has 2 aromatic heterocycles. The van der Waals surface area contributed by atoms with Gasteiger partial charge in [0.2, 0.25) is 0 Å². The summed E-state index contributed by atoms with van der Waals surface area (Å²) in [6.07, 6.45) is 3.09. The van der Waals surface area contributed by atoms with Crippen LogP contribution in [0.3, 0.4) is 0 Å². The molecule has 1 amide bonds. The van der Waals surface area contributed by atoms with Crippen LogP contribution in [0.5, 0.6) is 0 Å². The number of hydrogen-bond donors (Lipinski definition) is 1. The smallest absolute Gasteiger partial charge is 0.291 e. The van der Waals surface area contributed by atoms with Crippen molar-refractivity contribution in [1.29, 1.82) is 0 Å². The highest BCUT2D eigenvalue weighted by Crippen LogP contribution is 2.25. The van der Waals surface area contributed by atoms with Gasteiger partial charge in [-0.25, -0.2) is 0 Å². The fraction of sp³-hybridized carbons (Fsp3) is 0. The van der Waals surface area contributed by atoms with Crippen molar-refractivity contribution >= 4 is 34.1 Å². The van der Waals surface area contributed by atoms with Crippen molar-refractivity contribution in [3.63, 3.8) is 0 Å². The van der Waals surface area contributed by atoms with E-state index in [-0.39, 0.29) is 11.7 Å². The van der Waals surface area contributed by atoms with Crippen LogP contribution in [0.4, 0.5) is 5.69 Å². The topological polar surface area (TPSA) is 55.1 Å². The Labute approximate surface area is 114 Å². The fourth-order valence-corrected chi connectivity index (χ4v) is 1.99. The first kappa shape index (κ1) is 11.7. The van der Waals surface area contributed by atoms with E-state index in [0.717, 1.165) is 10.9 Å². The summed E-state index contributed by atoms with van der Waals surface area (Å²) >= 11 is 5.97. The second-order valence-electron chi connectivity index (χ2n) is 3.95. The number of hydrogen-bond acceptors (Lipinski definition) is 3. The number of furan rings is 1. The first-order valence-electron chi connectivity index (χ1n) is 5.63. The van der Waals surface area contributed by atoms with Crippen LogP contribution in [0.25, 0.3) is 10.9 Å². The van der Waals surface area contributed by atoms with Crippen LogP contribution >= 0.6 is 11.6 Å². The SMILES string of the molecule is O=C(Nc1ccnc2ccc(Cl)cc12)c1ccco1. The van der Waals surface area contributed by atoms with Crippen molar-refractivity contribution in [2.75, 3.05) is 5.32 Å². The largest absolute Gasteiger partial charge is 0.459 e. The lowest BCUT2D eigenvalue weighted by atomic mass is 10.2. The van der Waals surface area contributed by atoms with Gasteiger partial charge >= 0.3 is 0 Å². The molecule has 2 heterocycles. The van der Waals surface area contributed by atoms with E-state index < -0.39 is 0 Å². The van der Waals surface area contributed by atoms with E-state index in [9.17, 15) is 4.79 Å². The van der Waals surface area contributed by atoms with Gasteiger partial charge in [-0.3, -0.25) is 9.78 Å². The number of benzene rings is 1. The number of pyridine rings is 1. The Kier molecular flexibility index (Phi) is 2.93. The summed E-state index contributed by atoms with van der Waals surface area (Å²) in [4.78, 5) is 16.2. The van der Waals surface area contributed by atoms with Gasteiger partial charge in [0.15, 0.2) is 5.76 Å². The molecule has 1 aromatic carbocycles. The zero-order valence-corrected chi connectivity index (χ0v) is 10.5. The van der Waals surface area contributed by atoms with E-state index >= 15 is 0 Å². The second kappa shape index (κ2) is 4.74. The summed E-state index contributed by atoms with van der Waals surface area (Å²) in [6, 6.07) is 10.3. The summed E-state index contributed by atoms with van der Waals surface area (Å²) in [5.74, 6) is -0.0514. The van der Waals surface area contributed by atoms with Gasteiger partial charge in [0, 0.05) is 16.6 Å². The van der Waals surface area contributed by atoms with E-state index in [0.29, 0.717) is 10.7 Å². The standard InChI is InChI=1S/C14H9ClN2O2/c15-9-3-4-11-10(8-9)12(5-6-16-11)17-14(18)13-2-1-7-19-13/h1-8H,(H,16,17,18). The number of carbonyl (C=O) groups is 1. The van der Waals surface area contributed by atoms with Crippen molar-refractivity contribution < 1.29 is 9.21 Å². The predicted octanol–water partition coefficient (Wildman–Crippen LogP) is 3.73. The zero-order chi connectivity index (χ0) is 13.2. The quantitative estimate of drug-likeness (QED) is 0.773. The van der Waals surface area contributed by atoms with Crippen molar-refractivity contribution in [3.05, 3.63) is 59.6 Å². The molecular weight excluding hydrogens is 264 g/mol. The van der Waals surface area contributed by atoms with Gasteiger partial charge in [-0.2, -0.15) is 0 Å². The Morgan fingerprint density at radius 3 is 2.95 bits per heavy atom. The maximum absolute atomic E-state index is 11.9. The molecule has 0 aliphatic heterocycles. The fourth-order valence-electron chi connectivity index (χ4n) is 1.82. The van der Waals surface area contributed by atoms with Crippen molar-refractivity contribution in [2.24, 2.45) is 0 Å². The summed E-state index contributed by atoms with van der Waals surface area (Å²) < 4.78 is 5.05. The van der Waals surface area contributed by atoms with Crippen molar-refractivity contribution in [1.82, 2.24) is 4.98 Å². The van der Waals surface area contributed by atoms with Crippen LogP contribution < -0.4 is 5.32 Å². The third kappa shape index (κ3) is 2.30. The molecular formula is C14H9ClN2O2. The summed E-state index contributed by atoms with van der Waals surface area (Å²) in [7, 11) is 0. The molecule has 19 heavy (non-hydrogen) atoms. The van der Waals surface area contributed by atoms with E-state index in [1.165, 1.54) is 6.26 Å². The minimum Gasteiger partial charge on any atom is -0.459 e. The number of aromatic nitrogens is 1. The monoisotopic (exact) mass is 272 g/mol. The third-order valence-corrected chi connectivity index (χ3v) is 2.93. The number of fused-ring (bicyclic) bond motifs is 1. The maximum Gasteiger partial charge on any atom is 0.291 e. The molecule has 0 aliphatic carbocycles. The first-order chi connectivity index (χ1) is 9.24. The molecule has 94 valence electrons. The molecule has 0 aliphatic rings. The molecule has 0 spiro atoms. The van der Waals surface area contributed by atoms with E-state index in [2.05, 4.69) is 10.3 Å². The maximum atomic E-state index is 11.9. The van der Waals surface area contributed by atoms with Crippen LogP contribution in [0.15, 0.2) is 53.3 Å². The van der Waals surface area contributed by atoms with Gasteiger partial charge in [-0.1, -0.05) is 11.6 Å². The molecule has 0 atom stereocenters. The lowest BCUT2D eigenvalue weighted by Crippen LogP contribution is -2.11. The molecule has 0 unspecified atom stereocenters. The summed E-state index contributed by atoms with van der Waals surface area (Å²) in [5, 5.41) is 4.16. The van der Waals surface area contributed by atoms with Crippen LogP contribution in [0.1, 0.15) is 10.6 Å². The summed E-state index contributed by atoms with van der Waals surface area (Å²) in [5.41, 5.74) is 1.41. The third-order valence-electron chi connectivity index (χ3n) is 2.70. The number of carbonyl (C=O) groups excluding carboxylic acids is 1. The molecule has 4 nitrogen and oxygen atoms in total.